The zero-order valence-corrected chi connectivity index (χ0v) is 19.3. The minimum atomic E-state index is 0.725. The van der Waals surface area contributed by atoms with Crippen LogP contribution in [0.4, 0.5) is 0 Å². The van der Waals surface area contributed by atoms with Gasteiger partial charge in [-0.05, 0) is 123 Å². The summed E-state index contributed by atoms with van der Waals surface area (Å²) in [5.74, 6) is 5.40. The van der Waals surface area contributed by atoms with E-state index in [1.54, 1.807) is 5.56 Å². The molecule has 2 fully saturated rings. The Labute approximate surface area is 183 Å². The van der Waals surface area contributed by atoms with Crippen molar-refractivity contribution in [1.29, 1.82) is 0 Å². The van der Waals surface area contributed by atoms with Gasteiger partial charge in [0.2, 0.25) is 0 Å². The molecular formula is C29H40O. The molecule has 30 heavy (non-hydrogen) atoms. The van der Waals surface area contributed by atoms with Gasteiger partial charge in [-0.2, -0.15) is 0 Å². The maximum absolute atomic E-state index is 5.66. The van der Waals surface area contributed by atoms with Gasteiger partial charge in [0, 0.05) is 0 Å². The predicted octanol–water partition coefficient (Wildman–Crippen LogP) is 8.53. The normalized spacial score (nSPS) is 28.6. The van der Waals surface area contributed by atoms with E-state index in [-0.39, 0.29) is 0 Å². The first-order valence-corrected chi connectivity index (χ1v) is 12.5. The number of hydrogen-bond acceptors (Lipinski definition) is 1. The fraction of sp³-hybridized carbons (Fsp3) is 0.586. The monoisotopic (exact) mass is 404 g/mol. The second-order valence-electron chi connectivity index (χ2n) is 9.87. The molecule has 2 aromatic rings. The predicted molar refractivity (Wildman–Crippen MR) is 129 cm³/mol. The molecule has 2 aliphatic rings. The number of rotatable bonds is 6. The lowest BCUT2D eigenvalue weighted by Crippen LogP contribution is -2.27. The van der Waals surface area contributed by atoms with Crippen molar-refractivity contribution in [2.45, 2.75) is 78.1 Å². The van der Waals surface area contributed by atoms with Gasteiger partial charge >= 0.3 is 0 Å². The van der Waals surface area contributed by atoms with Crippen LogP contribution >= 0.6 is 0 Å². The van der Waals surface area contributed by atoms with Crippen molar-refractivity contribution in [3.8, 4) is 5.75 Å². The molecule has 0 aromatic heterocycles. The Hall–Kier alpha value is -1.76. The molecule has 1 nitrogen and oxygen atoms in total. The Balaban J connectivity index is 1.33. The average molecular weight is 405 g/mol. The fourth-order valence-corrected chi connectivity index (χ4v) is 6.25. The number of ether oxygens (including phenoxy) is 1. The zero-order chi connectivity index (χ0) is 20.9. The summed E-state index contributed by atoms with van der Waals surface area (Å²) in [4.78, 5) is 0. The lowest BCUT2D eigenvalue weighted by atomic mass is 9.67. The summed E-state index contributed by atoms with van der Waals surface area (Å²) in [5.41, 5.74) is 1.55. The molecule has 162 valence electrons. The Kier molecular flexibility index (Phi) is 7.18. The molecule has 0 spiro atoms. The lowest BCUT2D eigenvalue weighted by molar-refractivity contribution is 0.142. The molecule has 2 aromatic carbocycles. The third-order valence-electron chi connectivity index (χ3n) is 8.16. The molecule has 4 rings (SSSR count). The number of hydrogen-bond donors (Lipinski definition) is 0. The van der Waals surface area contributed by atoms with Crippen molar-refractivity contribution < 1.29 is 4.74 Å². The van der Waals surface area contributed by atoms with E-state index in [4.69, 9.17) is 4.74 Å². The van der Waals surface area contributed by atoms with Gasteiger partial charge in [-0.1, -0.05) is 43.3 Å². The molecule has 0 radical (unpaired) electrons. The Morgan fingerprint density at radius 2 is 1.50 bits per heavy atom. The van der Waals surface area contributed by atoms with Crippen molar-refractivity contribution >= 4 is 10.8 Å². The van der Waals surface area contributed by atoms with Crippen LogP contribution in [0.1, 0.15) is 83.6 Å². The average Bonchev–Trinajstić information content (AvgIpc) is 2.79. The van der Waals surface area contributed by atoms with E-state index in [9.17, 15) is 0 Å². The van der Waals surface area contributed by atoms with Crippen molar-refractivity contribution in [1.82, 2.24) is 0 Å². The molecule has 0 bridgehead atoms. The van der Waals surface area contributed by atoms with Crippen LogP contribution < -0.4 is 4.74 Å². The van der Waals surface area contributed by atoms with Gasteiger partial charge < -0.3 is 4.74 Å². The van der Waals surface area contributed by atoms with E-state index < -0.39 is 0 Å². The van der Waals surface area contributed by atoms with Gasteiger partial charge in [-0.3, -0.25) is 0 Å². The molecule has 1 atom stereocenters. The summed E-state index contributed by atoms with van der Waals surface area (Å²) < 4.78 is 5.66. The Bertz CT molecular complexity index is 835. The third kappa shape index (κ3) is 4.93. The fourth-order valence-electron chi connectivity index (χ4n) is 6.25. The summed E-state index contributed by atoms with van der Waals surface area (Å²) in [5, 5.41) is 2.64. The zero-order valence-electron chi connectivity index (χ0n) is 19.3. The van der Waals surface area contributed by atoms with E-state index in [2.05, 4.69) is 62.4 Å². The first-order valence-electron chi connectivity index (χ1n) is 12.5. The van der Waals surface area contributed by atoms with Crippen molar-refractivity contribution in [3.63, 3.8) is 0 Å². The molecule has 0 aliphatic heterocycles. The Morgan fingerprint density at radius 1 is 0.867 bits per heavy atom. The van der Waals surface area contributed by atoms with Crippen molar-refractivity contribution in [3.05, 3.63) is 54.1 Å². The first-order chi connectivity index (χ1) is 14.7. The number of benzene rings is 2. The standard InChI is InChI=1S/C29H40O/c1-4-6-22-7-9-23(10-8-22)21(3)24-11-13-25(14-12-24)26-15-16-28-20-29(30-5-2)18-17-27(28)19-26/h4,6,15-25H,5,7-14H2,1-3H3/b6-4+. The van der Waals surface area contributed by atoms with E-state index in [0.29, 0.717) is 0 Å². The summed E-state index contributed by atoms with van der Waals surface area (Å²) in [6, 6.07) is 13.6. The first kappa shape index (κ1) is 21.5. The van der Waals surface area contributed by atoms with Crippen molar-refractivity contribution in [2.75, 3.05) is 6.61 Å². The second kappa shape index (κ2) is 10.0. The molecule has 0 heterocycles. The van der Waals surface area contributed by atoms with Crippen LogP contribution in [0.25, 0.3) is 10.8 Å². The SMILES string of the molecule is C/C=C/C1CCC(C(C)C2CCC(c3ccc4cc(OCC)ccc4c3)CC2)CC1. The third-order valence-corrected chi connectivity index (χ3v) is 8.16. The number of allylic oxidation sites excluding steroid dienone is 2. The smallest absolute Gasteiger partial charge is 0.119 e. The van der Waals surface area contributed by atoms with Crippen LogP contribution in [0.5, 0.6) is 5.75 Å². The van der Waals surface area contributed by atoms with Crippen LogP contribution in [0.2, 0.25) is 0 Å². The van der Waals surface area contributed by atoms with Crippen LogP contribution in [0.15, 0.2) is 48.6 Å². The summed E-state index contributed by atoms with van der Waals surface area (Å²) in [6.07, 6.45) is 16.0. The van der Waals surface area contributed by atoms with Gasteiger partial charge in [-0.25, -0.2) is 0 Å². The van der Waals surface area contributed by atoms with Gasteiger partial charge in [0.1, 0.15) is 5.75 Å². The molecule has 1 heteroatoms. The van der Waals surface area contributed by atoms with E-state index in [1.165, 1.54) is 62.1 Å². The van der Waals surface area contributed by atoms with Crippen molar-refractivity contribution in [2.24, 2.45) is 23.7 Å². The topological polar surface area (TPSA) is 9.23 Å². The molecule has 2 aliphatic carbocycles. The van der Waals surface area contributed by atoms with Crippen LogP contribution in [-0.4, -0.2) is 6.61 Å². The highest BCUT2D eigenvalue weighted by atomic mass is 16.5. The highest BCUT2D eigenvalue weighted by molar-refractivity contribution is 5.84. The molecule has 0 saturated heterocycles. The maximum Gasteiger partial charge on any atom is 0.119 e. The largest absolute Gasteiger partial charge is 0.494 e. The molecular weight excluding hydrogens is 364 g/mol. The molecule has 1 unspecified atom stereocenters. The van der Waals surface area contributed by atoms with Gasteiger partial charge in [-0.15, -0.1) is 0 Å². The number of fused-ring (bicyclic) bond motifs is 1. The quantitative estimate of drug-likeness (QED) is 0.438. The summed E-state index contributed by atoms with van der Waals surface area (Å²) in [6.45, 7) is 7.50. The summed E-state index contributed by atoms with van der Waals surface area (Å²) >= 11 is 0. The summed E-state index contributed by atoms with van der Waals surface area (Å²) in [7, 11) is 0. The lowest BCUT2D eigenvalue weighted by Gasteiger charge is -2.39. The minimum absolute atomic E-state index is 0.725. The molecule has 0 N–H and O–H groups in total. The van der Waals surface area contributed by atoms with E-state index in [0.717, 1.165) is 41.9 Å². The maximum atomic E-state index is 5.66. The van der Waals surface area contributed by atoms with Gasteiger partial charge in [0.25, 0.3) is 0 Å². The highest BCUT2D eigenvalue weighted by Crippen LogP contribution is 2.44. The van der Waals surface area contributed by atoms with Crippen LogP contribution in [0.3, 0.4) is 0 Å². The molecule has 2 saturated carbocycles. The van der Waals surface area contributed by atoms with Crippen LogP contribution in [-0.2, 0) is 0 Å². The minimum Gasteiger partial charge on any atom is -0.494 e. The van der Waals surface area contributed by atoms with Gasteiger partial charge in [0.05, 0.1) is 6.61 Å². The van der Waals surface area contributed by atoms with Gasteiger partial charge in [0.15, 0.2) is 0 Å². The Morgan fingerprint density at radius 3 is 2.17 bits per heavy atom. The second-order valence-corrected chi connectivity index (χ2v) is 9.87. The molecule has 0 amide bonds. The highest BCUT2D eigenvalue weighted by Gasteiger charge is 2.32. The van der Waals surface area contributed by atoms with E-state index >= 15 is 0 Å². The van der Waals surface area contributed by atoms with E-state index in [1.807, 2.05) is 6.92 Å². The van der Waals surface area contributed by atoms with Crippen LogP contribution in [0, 0.1) is 23.7 Å².